The minimum atomic E-state index is -1.48. The maximum atomic E-state index is 13.7. The third-order valence-electron chi connectivity index (χ3n) is 2.52. The van der Waals surface area contributed by atoms with Gasteiger partial charge in [0.25, 0.3) is 0 Å². The van der Waals surface area contributed by atoms with Gasteiger partial charge in [-0.15, -0.1) is 0 Å². The first kappa shape index (κ1) is 14.9. The molecule has 2 aromatic carbocycles. The second-order valence-corrected chi connectivity index (χ2v) is 5.01. The highest BCUT2D eigenvalue weighted by atomic mass is 32.2. The van der Waals surface area contributed by atoms with Gasteiger partial charge in [0.2, 0.25) is 0 Å². The number of aromatic carboxylic acids is 1. The third-order valence-corrected chi connectivity index (χ3v) is 3.60. The number of rotatable bonds is 3. The number of carboxylic acids is 1. The Morgan fingerprint density at radius 2 is 1.71 bits per heavy atom. The highest BCUT2D eigenvalue weighted by Crippen LogP contribution is 2.33. The molecule has 0 atom stereocenters. The second-order valence-electron chi connectivity index (χ2n) is 3.93. The number of halogens is 3. The zero-order chi connectivity index (χ0) is 15.6. The van der Waals surface area contributed by atoms with Crippen LogP contribution >= 0.6 is 11.8 Å². The van der Waals surface area contributed by atoms with Gasteiger partial charge in [0, 0.05) is 4.90 Å². The lowest BCUT2D eigenvalue weighted by Crippen LogP contribution is -2.00. The molecule has 0 saturated heterocycles. The Bertz CT molecular complexity index is 748. The zero-order valence-electron chi connectivity index (χ0n) is 10.2. The Hall–Kier alpha value is -2.46. The van der Waals surface area contributed by atoms with Crippen LogP contribution in [0.25, 0.3) is 0 Å². The van der Waals surface area contributed by atoms with E-state index in [9.17, 15) is 18.0 Å². The van der Waals surface area contributed by atoms with Crippen molar-refractivity contribution in [2.24, 2.45) is 0 Å². The molecule has 3 nitrogen and oxygen atoms in total. The second kappa shape index (κ2) is 5.89. The SMILES string of the molecule is N#Cc1cc(F)c(Sc2ccc(F)c(C(=O)O)c2)c(F)c1. The lowest BCUT2D eigenvalue weighted by Gasteiger charge is -2.06. The van der Waals surface area contributed by atoms with Crippen LogP contribution in [-0.4, -0.2) is 11.1 Å². The fourth-order valence-corrected chi connectivity index (χ4v) is 2.43. The molecule has 0 amide bonds. The summed E-state index contributed by atoms with van der Waals surface area (Å²) in [7, 11) is 0. The first-order chi connectivity index (χ1) is 9.92. The van der Waals surface area contributed by atoms with Gasteiger partial charge >= 0.3 is 5.97 Å². The van der Waals surface area contributed by atoms with E-state index in [0.717, 1.165) is 24.3 Å². The zero-order valence-corrected chi connectivity index (χ0v) is 11.0. The van der Waals surface area contributed by atoms with Crippen molar-refractivity contribution in [1.82, 2.24) is 0 Å². The smallest absolute Gasteiger partial charge is 0.338 e. The van der Waals surface area contributed by atoms with Crippen molar-refractivity contribution in [2.45, 2.75) is 9.79 Å². The van der Waals surface area contributed by atoms with Crippen LogP contribution in [-0.2, 0) is 0 Å². The van der Waals surface area contributed by atoms with Gasteiger partial charge in [0.15, 0.2) is 0 Å². The van der Waals surface area contributed by atoms with Gasteiger partial charge < -0.3 is 5.11 Å². The quantitative estimate of drug-likeness (QED) is 0.936. The van der Waals surface area contributed by atoms with Crippen LogP contribution in [0, 0.1) is 28.8 Å². The number of benzene rings is 2. The molecule has 0 saturated carbocycles. The maximum absolute atomic E-state index is 13.7. The molecule has 21 heavy (non-hydrogen) atoms. The lowest BCUT2D eigenvalue weighted by atomic mass is 10.2. The molecule has 0 unspecified atom stereocenters. The Kier molecular flexibility index (Phi) is 4.19. The Balaban J connectivity index is 2.42. The van der Waals surface area contributed by atoms with Crippen LogP contribution in [0.5, 0.6) is 0 Å². The van der Waals surface area contributed by atoms with Gasteiger partial charge in [-0.1, -0.05) is 11.8 Å². The van der Waals surface area contributed by atoms with Crippen molar-refractivity contribution >= 4 is 17.7 Å². The van der Waals surface area contributed by atoms with E-state index in [0.29, 0.717) is 11.8 Å². The summed E-state index contributed by atoms with van der Waals surface area (Å²) in [5, 5.41) is 17.4. The number of hydrogen-bond donors (Lipinski definition) is 1. The van der Waals surface area contributed by atoms with Gasteiger partial charge in [-0.05, 0) is 30.3 Å². The van der Waals surface area contributed by atoms with Crippen molar-refractivity contribution in [3.63, 3.8) is 0 Å². The fraction of sp³-hybridized carbons (Fsp3) is 0. The van der Waals surface area contributed by atoms with Crippen molar-refractivity contribution in [1.29, 1.82) is 5.26 Å². The van der Waals surface area contributed by atoms with Crippen LogP contribution in [0.15, 0.2) is 40.1 Å². The molecular weight excluding hydrogens is 303 g/mol. The Labute approximate surface area is 121 Å². The van der Waals surface area contributed by atoms with E-state index in [4.69, 9.17) is 10.4 Å². The third kappa shape index (κ3) is 3.17. The van der Waals surface area contributed by atoms with Crippen molar-refractivity contribution < 1.29 is 23.1 Å². The van der Waals surface area contributed by atoms with Gasteiger partial charge in [0.05, 0.1) is 22.1 Å². The molecule has 7 heteroatoms. The van der Waals surface area contributed by atoms with Gasteiger partial charge in [-0.3, -0.25) is 0 Å². The predicted molar refractivity (Wildman–Crippen MR) is 68.6 cm³/mol. The Morgan fingerprint density at radius 3 is 2.24 bits per heavy atom. The molecule has 0 bridgehead atoms. The largest absolute Gasteiger partial charge is 0.478 e. The standard InChI is InChI=1S/C14H6F3NO2S/c15-10-2-1-8(5-9(10)14(19)20)21-13-11(16)3-7(6-18)4-12(13)17/h1-5H,(H,19,20). The van der Waals surface area contributed by atoms with E-state index in [2.05, 4.69) is 0 Å². The molecule has 0 fully saturated rings. The van der Waals surface area contributed by atoms with Crippen molar-refractivity contribution in [3.05, 3.63) is 58.9 Å². The molecule has 0 spiro atoms. The summed E-state index contributed by atoms with van der Waals surface area (Å²) in [4.78, 5) is 10.6. The van der Waals surface area contributed by atoms with Crippen LogP contribution in [0.4, 0.5) is 13.2 Å². The molecule has 1 N–H and O–H groups in total. The summed E-state index contributed by atoms with van der Waals surface area (Å²) >= 11 is 0.611. The number of carbonyl (C=O) groups is 1. The monoisotopic (exact) mass is 309 g/mol. The summed E-state index contributed by atoms with van der Waals surface area (Å²) in [6.45, 7) is 0. The molecule has 0 radical (unpaired) electrons. The van der Waals surface area contributed by atoms with Crippen LogP contribution in [0.3, 0.4) is 0 Å². The molecule has 0 aliphatic heterocycles. The number of carboxylic acid groups (broad SMARTS) is 1. The number of nitrogens with zero attached hydrogens (tertiary/aromatic N) is 1. The van der Waals surface area contributed by atoms with Crippen LogP contribution in [0.1, 0.15) is 15.9 Å². The minimum Gasteiger partial charge on any atom is -0.478 e. The summed E-state index contributed by atoms with van der Waals surface area (Å²) < 4.78 is 40.7. The molecule has 2 rings (SSSR count). The van der Waals surface area contributed by atoms with E-state index < -0.39 is 33.9 Å². The van der Waals surface area contributed by atoms with Crippen LogP contribution in [0.2, 0.25) is 0 Å². The van der Waals surface area contributed by atoms with E-state index in [-0.39, 0.29) is 10.5 Å². The summed E-state index contributed by atoms with van der Waals surface area (Å²) in [5.41, 5.74) is -0.755. The molecule has 0 aromatic heterocycles. The van der Waals surface area contributed by atoms with Gasteiger partial charge in [-0.25, -0.2) is 18.0 Å². The van der Waals surface area contributed by atoms with E-state index in [1.807, 2.05) is 0 Å². The fourth-order valence-electron chi connectivity index (χ4n) is 1.57. The topological polar surface area (TPSA) is 61.1 Å². The van der Waals surface area contributed by atoms with Crippen molar-refractivity contribution in [2.75, 3.05) is 0 Å². The summed E-state index contributed by atoms with van der Waals surface area (Å²) in [5.74, 6) is -4.31. The highest BCUT2D eigenvalue weighted by molar-refractivity contribution is 7.99. The molecule has 2 aromatic rings. The van der Waals surface area contributed by atoms with Gasteiger partial charge in [0.1, 0.15) is 17.5 Å². The first-order valence-electron chi connectivity index (χ1n) is 5.52. The summed E-state index contributed by atoms with van der Waals surface area (Å²) in [6, 6.07) is 6.46. The summed E-state index contributed by atoms with van der Waals surface area (Å²) in [6.07, 6.45) is 0. The van der Waals surface area contributed by atoms with E-state index in [1.54, 1.807) is 6.07 Å². The van der Waals surface area contributed by atoms with Crippen LogP contribution < -0.4 is 0 Å². The van der Waals surface area contributed by atoms with E-state index in [1.165, 1.54) is 6.07 Å². The molecular formula is C14H6F3NO2S. The minimum absolute atomic E-state index is 0.163. The highest BCUT2D eigenvalue weighted by Gasteiger charge is 2.16. The molecule has 106 valence electrons. The lowest BCUT2D eigenvalue weighted by molar-refractivity contribution is 0.0691. The van der Waals surface area contributed by atoms with Crippen molar-refractivity contribution in [3.8, 4) is 6.07 Å². The Morgan fingerprint density at radius 1 is 1.10 bits per heavy atom. The average molecular weight is 309 g/mol. The normalized spacial score (nSPS) is 10.2. The molecule has 0 heterocycles. The molecule has 0 aliphatic rings. The average Bonchev–Trinajstić information content (AvgIpc) is 2.43. The number of nitriles is 1. The van der Waals surface area contributed by atoms with Gasteiger partial charge in [-0.2, -0.15) is 5.26 Å². The maximum Gasteiger partial charge on any atom is 0.338 e. The van der Waals surface area contributed by atoms with E-state index >= 15 is 0 Å². The first-order valence-corrected chi connectivity index (χ1v) is 6.34. The predicted octanol–water partition coefficient (Wildman–Crippen LogP) is 3.82. The number of hydrogen-bond acceptors (Lipinski definition) is 3. The molecule has 0 aliphatic carbocycles.